The monoisotopic (exact) mass is 527 g/mol. The molecule has 0 aliphatic heterocycles. The minimum atomic E-state index is -1.78. The number of phenolic OH excluding ortho intramolecular Hbond substituents is 1. The molecule has 0 bridgehead atoms. The van der Waals surface area contributed by atoms with Crippen LogP contribution in [0.5, 0.6) is 5.75 Å². The van der Waals surface area contributed by atoms with Gasteiger partial charge in [-0.15, -0.1) is 0 Å². The summed E-state index contributed by atoms with van der Waals surface area (Å²) in [7, 11) is 0. The quantitative estimate of drug-likeness (QED) is 0.108. The van der Waals surface area contributed by atoms with Crippen molar-refractivity contribution in [2.45, 2.75) is 49.9 Å². The van der Waals surface area contributed by atoms with Crippen molar-refractivity contribution in [2.24, 2.45) is 11.5 Å². The van der Waals surface area contributed by atoms with Crippen molar-refractivity contribution in [1.29, 1.82) is 0 Å². The number of phenols is 1. The van der Waals surface area contributed by atoms with Gasteiger partial charge in [0.25, 0.3) is 0 Å². The Morgan fingerprint density at radius 1 is 0.861 bits per heavy atom. The molecule has 14 nitrogen and oxygen atoms in total. The summed E-state index contributed by atoms with van der Waals surface area (Å²) in [6.07, 6.45) is -1.62. The summed E-state index contributed by atoms with van der Waals surface area (Å²) in [5.74, 6) is -6.60. The second-order valence-corrected chi connectivity index (χ2v) is 8.15. The number of carbonyl (C=O) groups is 6. The summed E-state index contributed by atoms with van der Waals surface area (Å²) in [6, 6.07) is -0.0630. The van der Waals surface area contributed by atoms with Gasteiger partial charge in [-0.05, 0) is 24.1 Å². The fourth-order valence-electron chi connectivity index (χ4n) is 2.91. The minimum Gasteiger partial charge on any atom is -0.508 e. The van der Waals surface area contributed by atoms with E-state index >= 15 is 0 Å². The smallest absolute Gasteiger partial charge is 0.326 e. The minimum absolute atomic E-state index is 0.0397. The molecule has 1 aromatic carbocycles. The first kappa shape index (κ1) is 30.2. The Morgan fingerprint density at radius 2 is 1.39 bits per heavy atom. The van der Waals surface area contributed by atoms with E-state index < -0.39 is 66.2 Å². The molecule has 0 aromatic heterocycles. The molecule has 15 heteroatoms. The van der Waals surface area contributed by atoms with E-state index in [-0.39, 0.29) is 30.8 Å². The molecule has 1 aromatic rings. The molecule has 0 spiro atoms. The molecule has 0 saturated carbocycles. The van der Waals surface area contributed by atoms with Gasteiger partial charge in [0.2, 0.25) is 23.6 Å². The van der Waals surface area contributed by atoms with Crippen molar-refractivity contribution < 1.29 is 44.1 Å². The highest BCUT2D eigenvalue weighted by Gasteiger charge is 2.31. The fourth-order valence-corrected chi connectivity index (χ4v) is 3.08. The maximum atomic E-state index is 13.0. The van der Waals surface area contributed by atoms with E-state index in [0.29, 0.717) is 5.56 Å². The van der Waals surface area contributed by atoms with Crippen LogP contribution < -0.4 is 27.4 Å². The molecular formula is C21H29N5O9S. The van der Waals surface area contributed by atoms with Gasteiger partial charge in [0.1, 0.15) is 23.9 Å². The number of thiol groups is 1. The van der Waals surface area contributed by atoms with Crippen molar-refractivity contribution >= 4 is 48.2 Å². The molecule has 10 N–H and O–H groups in total. The lowest BCUT2D eigenvalue weighted by Gasteiger charge is -2.25. The van der Waals surface area contributed by atoms with Gasteiger partial charge in [-0.25, -0.2) is 4.79 Å². The van der Waals surface area contributed by atoms with E-state index in [9.17, 15) is 39.0 Å². The average Bonchev–Trinajstić information content (AvgIpc) is 2.80. The van der Waals surface area contributed by atoms with Crippen molar-refractivity contribution in [1.82, 2.24) is 16.0 Å². The predicted octanol–water partition coefficient (Wildman–Crippen LogP) is -2.53. The molecule has 36 heavy (non-hydrogen) atoms. The first-order valence-electron chi connectivity index (χ1n) is 10.6. The summed E-state index contributed by atoms with van der Waals surface area (Å²) in [4.78, 5) is 71.6. The zero-order chi connectivity index (χ0) is 27.4. The van der Waals surface area contributed by atoms with E-state index in [2.05, 4.69) is 28.6 Å². The van der Waals surface area contributed by atoms with Gasteiger partial charge in [0.15, 0.2) is 0 Å². The first-order chi connectivity index (χ1) is 16.8. The zero-order valence-electron chi connectivity index (χ0n) is 19.0. The van der Waals surface area contributed by atoms with E-state index in [0.717, 1.165) is 0 Å². The van der Waals surface area contributed by atoms with E-state index in [1.54, 1.807) is 0 Å². The lowest BCUT2D eigenvalue weighted by atomic mass is 10.0. The standard InChI is InChI=1S/C21H29N5O9S/c22-12(9-36)18(31)24-13(5-6-16(23)28)19(32)25-14(7-10-1-3-11(27)4-2-10)20(33)26-15(21(34)35)8-17(29)30/h1-4,12-15,27,36H,5-9,22H2,(H2,23,28)(H,24,31)(H,25,32)(H,26,33)(H,29,30)(H,34,35). The Morgan fingerprint density at radius 3 is 1.89 bits per heavy atom. The Hall–Kier alpha value is -3.85. The van der Waals surface area contributed by atoms with Crippen LogP contribution in [0.15, 0.2) is 24.3 Å². The van der Waals surface area contributed by atoms with E-state index in [4.69, 9.17) is 16.6 Å². The third kappa shape index (κ3) is 10.6. The molecule has 0 fully saturated rings. The van der Waals surface area contributed by atoms with Gasteiger partial charge in [0.05, 0.1) is 12.5 Å². The Bertz CT molecular complexity index is 973. The number of primary amides is 1. The highest BCUT2D eigenvalue weighted by molar-refractivity contribution is 7.80. The van der Waals surface area contributed by atoms with Crippen molar-refractivity contribution in [3.63, 3.8) is 0 Å². The molecule has 0 radical (unpaired) electrons. The normalized spacial score (nSPS) is 13.9. The summed E-state index contributed by atoms with van der Waals surface area (Å²) in [5.41, 5.74) is 11.2. The number of nitrogens with one attached hydrogen (secondary N) is 3. The van der Waals surface area contributed by atoms with Crippen LogP contribution in [0.4, 0.5) is 0 Å². The Labute approximate surface area is 211 Å². The maximum Gasteiger partial charge on any atom is 0.326 e. The van der Waals surface area contributed by atoms with Crippen LogP contribution in [0, 0.1) is 0 Å². The zero-order valence-corrected chi connectivity index (χ0v) is 19.9. The maximum absolute atomic E-state index is 13.0. The number of nitrogens with two attached hydrogens (primary N) is 2. The molecule has 198 valence electrons. The topological polar surface area (TPSA) is 251 Å². The van der Waals surface area contributed by atoms with Crippen LogP contribution in [0.3, 0.4) is 0 Å². The molecule has 0 heterocycles. The Balaban J connectivity index is 3.18. The molecule has 0 aliphatic carbocycles. The number of hydrogen-bond donors (Lipinski definition) is 9. The summed E-state index contributed by atoms with van der Waals surface area (Å²) in [5, 5.41) is 34.4. The highest BCUT2D eigenvalue weighted by Crippen LogP contribution is 2.12. The lowest BCUT2D eigenvalue weighted by Crippen LogP contribution is -2.58. The third-order valence-electron chi connectivity index (χ3n) is 4.85. The van der Waals surface area contributed by atoms with Gasteiger partial charge >= 0.3 is 11.9 Å². The number of aromatic hydroxyl groups is 1. The summed E-state index contributed by atoms with van der Waals surface area (Å²) < 4.78 is 0. The molecule has 4 amide bonds. The number of carboxylic acids is 2. The molecule has 0 aliphatic rings. The lowest BCUT2D eigenvalue weighted by molar-refractivity contribution is -0.147. The van der Waals surface area contributed by atoms with Gasteiger partial charge in [-0.1, -0.05) is 12.1 Å². The van der Waals surface area contributed by atoms with Gasteiger partial charge < -0.3 is 42.7 Å². The van der Waals surface area contributed by atoms with Crippen molar-refractivity contribution in [3.05, 3.63) is 29.8 Å². The first-order valence-corrected chi connectivity index (χ1v) is 11.3. The van der Waals surface area contributed by atoms with Crippen molar-refractivity contribution in [2.75, 3.05) is 5.75 Å². The number of carbonyl (C=O) groups excluding carboxylic acids is 4. The van der Waals surface area contributed by atoms with E-state index in [1.165, 1.54) is 24.3 Å². The number of benzene rings is 1. The van der Waals surface area contributed by atoms with Crippen molar-refractivity contribution in [3.8, 4) is 5.75 Å². The van der Waals surface area contributed by atoms with Crippen LogP contribution in [-0.2, 0) is 35.2 Å². The average molecular weight is 528 g/mol. The Kier molecular flexibility index (Phi) is 12.2. The van der Waals surface area contributed by atoms with Gasteiger partial charge in [-0.2, -0.15) is 12.6 Å². The van der Waals surface area contributed by atoms with Gasteiger partial charge in [0, 0.05) is 18.6 Å². The van der Waals surface area contributed by atoms with E-state index in [1.807, 2.05) is 0 Å². The molecule has 4 atom stereocenters. The molecule has 0 saturated heterocycles. The molecule has 4 unspecified atom stereocenters. The second kappa shape index (κ2) is 14.5. The fraction of sp³-hybridized carbons (Fsp3) is 0.429. The van der Waals surface area contributed by atoms with Crippen LogP contribution >= 0.6 is 12.6 Å². The highest BCUT2D eigenvalue weighted by atomic mass is 32.1. The number of amides is 4. The summed E-state index contributed by atoms with van der Waals surface area (Å²) >= 11 is 3.91. The second-order valence-electron chi connectivity index (χ2n) is 7.78. The SMILES string of the molecule is NC(=O)CCC(NC(=O)C(N)CS)C(=O)NC(Cc1ccc(O)cc1)C(=O)NC(CC(=O)O)C(=O)O. The molecule has 1 rings (SSSR count). The van der Waals surface area contributed by atoms with Crippen LogP contribution in [-0.4, -0.2) is 80.8 Å². The van der Waals surface area contributed by atoms with Crippen LogP contribution in [0.1, 0.15) is 24.8 Å². The largest absolute Gasteiger partial charge is 0.508 e. The number of carboxylic acid groups (broad SMARTS) is 2. The van der Waals surface area contributed by atoms with Crippen LogP contribution in [0.2, 0.25) is 0 Å². The predicted molar refractivity (Wildman–Crippen MR) is 128 cm³/mol. The number of aliphatic carboxylic acids is 2. The van der Waals surface area contributed by atoms with Crippen LogP contribution in [0.25, 0.3) is 0 Å². The number of rotatable bonds is 15. The third-order valence-corrected chi connectivity index (χ3v) is 5.24. The van der Waals surface area contributed by atoms with Gasteiger partial charge in [-0.3, -0.25) is 24.0 Å². The molecular weight excluding hydrogens is 498 g/mol. The summed E-state index contributed by atoms with van der Waals surface area (Å²) in [6.45, 7) is 0. The number of hydrogen-bond acceptors (Lipinski definition) is 9.